The molecule has 1 N–H and O–H groups in total. The van der Waals surface area contributed by atoms with Crippen LogP contribution in [0.15, 0.2) is 53.8 Å². The van der Waals surface area contributed by atoms with E-state index in [0.29, 0.717) is 28.6 Å². The molecular formula is C26H25NO6. The maximum atomic E-state index is 13.7. The van der Waals surface area contributed by atoms with Crippen LogP contribution in [0.2, 0.25) is 0 Å². The molecule has 6 rings (SSSR count). The minimum Gasteiger partial charge on any atom is -0.508 e. The Labute approximate surface area is 191 Å². The van der Waals surface area contributed by atoms with E-state index < -0.39 is 6.04 Å². The van der Waals surface area contributed by atoms with Gasteiger partial charge in [0.05, 0.1) is 17.5 Å². The first-order chi connectivity index (χ1) is 16.0. The molecule has 0 bridgehead atoms. The second-order valence-electron chi connectivity index (χ2n) is 9.41. The van der Waals surface area contributed by atoms with Gasteiger partial charge in [-0.15, -0.1) is 0 Å². The molecule has 4 unspecified atom stereocenters. The number of hydrogen-bond donors (Lipinski definition) is 1. The quantitative estimate of drug-likeness (QED) is 0.769. The number of carbonyl (C=O) groups is 2. The third-order valence-corrected chi connectivity index (χ3v) is 7.18. The Morgan fingerprint density at radius 1 is 1.06 bits per heavy atom. The summed E-state index contributed by atoms with van der Waals surface area (Å²) < 4.78 is 17.1. The molecule has 1 aliphatic carbocycles. The van der Waals surface area contributed by atoms with Gasteiger partial charge in [0.25, 0.3) is 5.91 Å². The number of ketones is 1. The number of nitrogens with zero attached hydrogens (tertiary/aromatic N) is 1. The van der Waals surface area contributed by atoms with Gasteiger partial charge in [-0.1, -0.05) is 25.1 Å². The Kier molecular flexibility index (Phi) is 4.60. The van der Waals surface area contributed by atoms with Crippen LogP contribution < -0.4 is 9.47 Å². The van der Waals surface area contributed by atoms with E-state index in [4.69, 9.17) is 14.2 Å². The van der Waals surface area contributed by atoms with E-state index in [-0.39, 0.29) is 48.6 Å². The molecule has 0 aromatic heterocycles. The molecule has 2 aromatic carbocycles. The highest BCUT2D eigenvalue weighted by molar-refractivity contribution is 6.11. The zero-order valence-corrected chi connectivity index (χ0v) is 18.3. The molecule has 4 atom stereocenters. The lowest BCUT2D eigenvalue weighted by atomic mass is 9.74. The van der Waals surface area contributed by atoms with Crippen LogP contribution in [0.3, 0.4) is 0 Å². The molecule has 0 radical (unpaired) electrons. The van der Waals surface area contributed by atoms with Crippen LogP contribution in [-0.2, 0) is 20.9 Å². The average Bonchev–Trinajstić information content (AvgIpc) is 3.37. The van der Waals surface area contributed by atoms with Crippen LogP contribution in [0, 0.1) is 11.8 Å². The summed E-state index contributed by atoms with van der Waals surface area (Å²) in [6.45, 7) is 2.60. The molecule has 7 nitrogen and oxygen atoms in total. The molecule has 3 aliphatic heterocycles. The van der Waals surface area contributed by atoms with Crippen molar-refractivity contribution in [3.8, 4) is 17.2 Å². The molecule has 4 aliphatic rings. The van der Waals surface area contributed by atoms with Gasteiger partial charge in [-0.2, -0.15) is 0 Å². The van der Waals surface area contributed by atoms with Gasteiger partial charge in [0, 0.05) is 6.54 Å². The van der Waals surface area contributed by atoms with E-state index in [2.05, 4.69) is 6.92 Å². The average molecular weight is 447 g/mol. The Morgan fingerprint density at radius 3 is 2.76 bits per heavy atom. The fourth-order valence-corrected chi connectivity index (χ4v) is 5.57. The van der Waals surface area contributed by atoms with Crippen molar-refractivity contribution in [1.29, 1.82) is 0 Å². The van der Waals surface area contributed by atoms with E-state index in [9.17, 15) is 14.7 Å². The van der Waals surface area contributed by atoms with Crippen molar-refractivity contribution in [2.24, 2.45) is 11.8 Å². The summed E-state index contributed by atoms with van der Waals surface area (Å²) in [5, 5.41) is 10.1. The molecule has 0 spiro atoms. The Hall–Kier alpha value is -3.48. The van der Waals surface area contributed by atoms with Gasteiger partial charge in [-0.3, -0.25) is 9.59 Å². The first-order valence-corrected chi connectivity index (χ1v) is 11.4. The summed E-state index contributed by atoms with van der Waals surface area (Å²) in [5.41, 5.74) is 1.96. The number of Topliss-reactive ketones (excluding diaryl/α,β-unsaturated/α-hetero) is 1. The van der Waals surface area contributed by atoms with Gasteiger partial charge in [-0.05, 0) is 60.6 Å². The molecule has 1 saturated carbocycles. The summed E-state index contributed by atoms with van der Waals surface area (Å²) in [5.74, 6) is 1.50. The van der Waals surface area contributed by atoms with Gasteiger partial charge < -0.3 is 24.2 Å². The van der Waals surface area contributed by atoms with Crippen LogP contribution in [0.25, 0.3) is 0 Å². The lowest BCUT2D eigenvalue weighted by Gasteiger charge is -2.37. The van der Waals surface area contributed by atoms with Crippen molar-refractivity contribution in [2.75, 3.05) is 6.79 Å². The van der Waals surface area contributed by atoms with Gasteiger partial charge in [0.15, 0.2) is 23.0 Å². The highest BCUT2D eigenvalue weighted by Crippen LogP contribution is 2.48. The summed E-state index contributed by atoms with van der Waals surface area (Å²) in [6, 6.07) is 11.7. The van der Waals surface area contributed by atoms with E-state index in [1.165, 1.54) is 0 Å². The minimum absolute atomic E-state index is 0.00248. The highest BCUT2D eigenvalue weighted by Gasteiger charge is 2.52. The van der Waals surface area contributed by atoms with Gasteiger partial charge in [0.1, 0.15) is 11.9 Å². The molecule has 7 heteroatoms. The number of fused-ring (bicyclic) bond motifs is 2. The molecule has 170 valence electrons. The third kappa shape index (κ3) is 3.25. The van der Waals surface area contributed by atoms with Crippen molar-refractivity contribution < 1.29 is 28.9 Å². The normalized spacial score (nSPS) is 28.0. The van der Waals surface area contributed by atoms with E-state index in [1.807, 2.05) is 24.3 Å². The summed E-state index contributed by atoms with van der Waals surface area (Å²) in [6.07, 6.45) is 2.29. The lowest BCUT2D eigenvalue weighted by Crippen LogP contribution is -2.41. The molecule has 3 heterocycles. The topological polar surface area (TPSA) is 85.3 Å². The number of rotatable bonds is 3. The Bertz CT molecular complexity index is 1190. The molecule has 2 aromatic rings. The second-order valence-corrected chi connectivity index (χ2v) is 9.41. The number of benzene rings is 2. The van der Waals surface area contributed by atoms with Crippen LogP contribution >= 0.6 is 0 Å². The number of hydrogen-bond acceptors (Lipinski definition) is 6. The maximum absolute atomic E-state index is 13.7. The number of phenolic OH excluding ortho intramolecular Hbond substituents is 1. The molecular weight excluding hydrogens is 422 g/mol. The summed E-state index contributed by atoms with van der Waals surface area (Å²) in [4.78, 5) is 29.0. The van der Waals surface area contributed by atoms with E-state index >= 15 is 0 Å². The SMILES string of the molecule is CC1CCC2OC3=C(C(=O)C2C1)C(c1cccc(O)c1)N(Cc1ccc2c(c1)OCO2)C3=O. The first-order valence-electron chi connectivity index (χ1n) is 11.4. The molecule has 1 fully saturated rings. The van der Waals surface area contributed by atoms with Crippen LogP contribution in [0.5, 0.6) is 17.2 Å². The number of ether oxygens (including phenoxy) is 3. The zero-order chi connectivity index (χ0) is 22.7. The molecule has 0 saturated heterocycles. The third-order valence-electron chi connectivity index (χ3n) is 7.18. The predicted octanol–water partition coefficient (Wildman–Crippen LogP) is 3.86. The van der Waals surface area contributed by atoms with Crippen molar-refractivity contribution in [3.63, 3.8) is 0 Å². The predicted molar refractivity (Wildman–Crippen MR) is 117 cm³/mol. The fraction of sp³-hybridized carbons (Fsp3) is 0.385. The number of carbonyl (C=O) groups excluding carboxylic acids is 2. The van der Waals surface area contributed by atoms with Crippen molar-refractivity contribution in [1.82, 2.24) is 4.90 Å². The number of phenols is 1. The van der Waals surface area contributed by atoms with Crippen LogP contribution in [-0.4, -0.2) is 34.6 Å². The summed E-state index contributed by atoms with van der Waals surface area (Å²) >= 11 is 0. The smallest absolute Gasteiger partial charge is 0.290 e. The first kappa shape index (κ1) is 20.1. The number of amides is 1. The van der Waals surface area contributed by atoms with E-state index in [0.717, 1.165) is 24.8 Å². The Morgan fingerprint density at radius 2 is 1.91 bits per heavy atom. The zero-order valence-electron chi connectivity index (χ0n) is 18.3. The van der Waals surface area contributed by atoms with Crippen molar-refractivity contribution >= 4 is 11.7 Å². The maximum Gasteiger partial charge on any atom is 0.290 e. The monoisotopic (exact) mass is 447 g/mol. The fourth-order valence-electron chi connectivity index (χ4n) is 5.57. The highest BCUT2D eigenvalue weighted by atomic mass is 16.7. The minimum atomic E-state index is -0.615. The van der Waals surface area contributed by atoms with Gasteiger partial charge >= 0.3 is 0 Å². The van der Waals surface area contributed by atoms with Gasteiger partial charge in [0.2, 0.25) is 6.79 Å². The standard InChI is InChI=1S/C26H25NO6/c1-14-5-7-19-18(9-14)24(29)22-23(16-3-2-4-17(28)11-16)27(26(30)25(22)33-19)12-15-6-8-20-21(10-15)32-13-31-20/h2-4,6,8,10-11,14,18-19,23,28H,5,7,9,12-13H2,1H3. The van der Waals surface area contributed by atoms with E-state index in [1.54, 1.807) is 23.1 Å². The second kappa shape index (κ2) is 7.54. The van der Waals surface area contributed by atoms with Crippen molar-refractivity contribution in [2.45, 2.75) is 44.9 Å². The van der Waals surface area contributed by atoms with Crippen molar-refractivity contribution in [3.05, 3.63) is 64.9 Å². The van der Waals surface area contributed by atoms with Gasteiger partial charge in [-0.25, -0.2) is 0 Å². The molecule has 1 amide bonds. The number of aromatic hydroxyl groups is 1. The Balaban J connectivity index is 1.41. The molecule has 33 heavy (non-hydrogen) atoms. The largest absolute Gasteiger partial charge is 0.508 e. The van der Waals surface area contributed by atoms with Crippen LogP contribution in [0.1, 0.15) is 43.4 Å². The summed E-state index contributed by atoms with van der Waals surface area (Å²) in [7, 11) is 0. The van der Waals surface area contributed by atoms with Crippen LogP contribution in [0.4, 0.5) is 0 Å². The lowest BCUT2D eigenvalue weighted by molar-refractivity contribution is -0.136.